The zero-order chi connectivity index (χ0) is 43.3. The Balaban J connectivity index is 1.24. The quantitative estimate of drug-likeness (QED) is 0.125. The summed E-state index contributed by atoms with van der Waals surface area (Å²) in [5.41, 5.74) is 4.77. The van der Waals surface area contributed by atoms with Crippen LogP contribution in [-0.2, 0) is 40.2 Å². The third-order valence-electron chi connectivity index (χ3n) is 10.1. The summed E-state index contributed by atoms with van der Waals surface area (Å²) in [4.78, 5) is 36.1. The lowest BCUT2D eigenvalue weighted by molar-refractivity contribution is -0.145. The lowest BCUT2D eigenvalue weighted by Crippen LogP contribution is -2.44. The molecule has 2 aliphatic rings. The van der Waals surface area contributed by atoms with Gasteiger partial charge in [0.15, 0.2) is 0 Å². The SMILES string of the molecule is COC(=O)c1cc(OCCN(CC(F)(F)F)C(=O)OC(C)(C)C)c2nc(Cc3ccc4cc3OCCCc3cc(C#N)ccc3COc3cccc-4n3)n(C[C@@H]3CCO3)c2c1. The molecule has 1 fully saturated rings. The Morgan fingerprint density at radius 3 is 2.54 bits per heavy atom. The first kappa shape index (κ1) is 42.8. The van der Waals surface area contributed by atoms with Crippen molar-refractivity contribution in [2.24, 2.45) is 0 Å². The number of ether oxygens (including phenoxy) is 6. The van der Waals surface area contributed by atoms with Gasteiger partial charge in [-0.2, -0.15) is 18.4 Å². The van der Waals surface area contributed by atoms with Crippen molar-refractivity contribution in [3.05, 3.63) is 100 Å². The molecule has 5 aromatic rings. The second kappa shape index (κ2) is 18.1. The Kier molecular flexibility index (Phi) is 12.7. The molecule has 1 atom stereocenters. The maximum absolute atomic E-state index is 13.6. The molecule has 0 radical (unpaired) electrons. The largest absolute Gasteiger partial charge is 0.493 e. The van der Waals surface area contributed by atoms with Gasteiger partial charge in [0.1, 0.15) is 48.2 Å². The highest BCUT2D eigenvalue weighted by Crippen LogP contribution is 2.34. The standard InChI is InChI=1S/C45H46F3N5O8/c1-44(2,3)61-43(55)52(27-45(46,47)48)15-18-59-38-22-33(42(54)56-4)20-36-41(38)51-39(53(36)25-34-14-17-57-34)23-31-13-12-30-21-37(31)58-16-6-7-29-19-28(24-49)10-11-32(29)26-60-40-9-5-8-35(30)50-40/h5,8-13,19-22,34H,6-7,14-18,23,25-27H2,1-4H3/t34-/m0/s1. The van der Waals surface area contributed by atoms with Crippen LogP contribution in [0.5, 0.6) is 17.4 Å². The molecule has 4 heterocycles. The zero-order valence-corrected chi connectivity index (χ0v) is 34.3. The molecular weight excluding hydrogens is 796 g/mol. The zero-order valence-electron chi connectivity index (χ0n) is 34.3. The predicted molar refractivity (Wildman–Crippen MR) is 217 cm³/mol. The average molecular weight is 842 g/mol. The Labute approximate surface area is 350 Å². The normalized spacial score (nSPS) is 15.2. The van der Waals surface area contributed by atoms with Gasteiger partial charge in [0.2, 0.25) is 5.88 Å². The number of aromatic nitrogens is 3. The van der Waals surface area contributed by atoms with Crippen LogP contribution in [-0.4, -0.2) is 89.4 Å². The number of hydrogen-bond acceptors (Lipinski definition) is 11. The molecule has 320 valence electrons. The Morgan fingerprint density at radius 2 is 1.82 bits per heavy atom. The van der Waals surface area contributed by atoms with E-state index in [0.717, 1.165) is 28.7 Å². The highest BCUT2D eigenvalue weighted by Gasteiger charge is 2.35. The van der Waals surface area contributed by atoms with Gasteiger partial charge < -0.3 is 33.0 Å². The summed E-state index contributed by atoms with van der Waals surface area (Å²) in [5, 5.41) is 9.57. The van der Waals surface area contributed by atoms with E-state index in [1.165, 1.54) is 13.2 Å². The second-order valence-electron chi connectivity index (χ2n) is 15.8. The number of methoxy groups -OCH3 is 1. The summed E-state index contributed by atoms with van der Waals surface area (Å²) >= 11 is 0. The highest BCUT2D eigenvalue weighted by molar-refractivity contribution is 5.96. The van der Waals surface area contributed by atoms with Gasteiger partial charge in [0.05, 0.1) is 61.3 Å². The van der Waals surface area contributed by atoms with Gasteiger partial charge in [-0.25, -0.2) is 19.6 Å². The molecule has 2 aliphatic heterocycles. The first-order valence-electron chi connectivity index (χ1n) is 19.9. The molecule has 3 aromatic carbocycles. The molecule has 0 spiro atoms. The van der Waals surface area contributed by atoms with Crippen LogP contribution in [0.4, 0.5) is 18.0 Å². The molecule has 4 bridgehead atoms. The molecule has 16 heteroatoms. The molecule has 13 nitrogen and oxygen atoms in total. The number of amides is 1. The molecule has 0 saturated carbocycles. The third-order valence-corrected chi connectivity index (χ3v) is 10.1. The van der Waals surface area contributed by atoms with E-state index in [1.54, 1.807) is 39.0 Å². The minimum atomic E-state index is -4.69. The van der Waals surface area contributed by atoms with Crippen LogP contribution in [0.15, 0.2) is 66.7 Å². The monoisotopic (exact) mass is 841 g/mol. The maximum Gasteiger partial charge on any atom is 0.410 e. The first-order chi connectivity index (χ1) is 29.2. The van der Waals surface area contributed by atoms with E-state index in [-0.39, 0.29) is 30.4 Å². The molecule has 0 N–H and O–H groups in total. The molecular formula is C45H46F3N5O8. The van der Waals surface area contributed by atoms with E-state index in [9.17, 15) is 28.0 Å². The van der Waals surface area contributed by atoms with Crippen molar-refractivity contribution in [1.29, 1.82) is 5.26 Å². The van der Waals surface area contributed by atoms with E-state index in [0.29, 0.717) is 83.9 Å². The van der Waals surface area contributed by atoms with Crippen LogP contribution in [0.2, 0.25) is 0 Å². The predicted octanol–water partition coefficient (Wildman–Crippen LogP) is 8.22. The number of pyridine rings is 1. The second-order valence-corrected chi connectivity index (χ2v) is 15.8. The van der Waals surface area contributed by atoms with Crippen LogP contribution in [0.25, 0.3) is 22.3 Å². The number of aryl methyl sites for hydroxylation is 1. The van der Waals surface area contributed by atoms with Gasteiger partial charge in [0, 0.05) is 30.2 Å². The van der Waals surface area contributed by atoms with E-state index < -0.39 is 36.9 Å². The van der Waals surface area contributed by atoms with Crippen molar-refractivity contribution < 1.29 is 51.2 Å². The number of rotatable bonds is 10. The number of carbonyl (C=O) groups is 2. The fraction of sp³-hybridized carbons (Fsp3) is 0.400. The van der Waals surface area contributed by atoms with Crippen molar-refractivity contribution in [3.8, 4) is 34.7 Å². The number of fused-ring (bicyclic) bond motifs is 7. The molecule has 0 aliphatic carbocycles. The number of carbonyl (C=O) groups excluding carboxylic acids is 2. The number of alkyl halides is 3. The summed E-state index contributed by atoms with van der Waals surface area (Å²) in [6, 6.07) is 22.2. The number of imidazole rings is 1. The van der Waals surface area contributed by atoms with Gasteiger partial charge in [-0.15, -0.1) is 0 Å². The summed E-state index contributed by atoms with van der Waals surface area (Å²) in [6.07, 6.45) is -3.60. The summed E-state index contributed by atoms with van der Waals surface area (Å²) in [5.74, 6) is 1.10. The number of benzene rings is 3. The first-order valence-corrected chi connectivity index (χ1v) is 19.9. The summed E-state index contributed by atoms with van der Waals surface area (Å²) in [7, 11) is 1.24. The Morgan fingerprint density at radius 1 is 1.00 bits per heavy atom. The van der Waals surface area contributed by atoms with Gasteiger partial charge in [-0.1, -0.05) is 24.3 Å². The number of halogens is 3. The van der Waals surface area contributed by atoms with Gasteiger partial charge in [0.25, 0.3) is 0 Å². The number of esters is 1. The van der Waals surface area contributed by atoms with Crippen LogP contribution in [0, 0.1) is 11.3 Å². The van der Waals surface area contributed by atoms with Crippen molar-refractivity contribution in [2.45, 2.75) is 77.5 Å². The van der Waals surface area contributed by atoms with Crippen LogP contribution in [0.1, 0.15) is 72.0 Å². The van der Waals surface area contributed by atoms with E-state index in [2.05, 4.69) is 6.07 Å². The fourth-order valence-corrected chi connectivity index (χ4v) is 7.09. The summed E-state index contributed by atoms with van der Waals surface area (Å²) < 4.78 is 77.5. The van der Waals surface area contributed by atoms with Gasteiger partial charge >= 0.3 is 18.2 Å². The van der Waals surface area contributed by atoms with Crippen LogP contribution >= 0.6 is 0 Å². The summed E-state index contributed by atoms with van der Waals surface area (Å²) in [6.45, 7) is 3.96. The van der Waals surface area contributed by atoms with Crippen molar-refractivity contribution in [1.82, 2.24) is 19.4 Å². The smallest absolute Gasteiger partial charge is 0.410 e. The minimum absolute atomic E-state index is 0.116. The topological polar surface area (TPSA) is 147 Å². The maximum atomic E-state index is 13.6. The molecule has 1 amide bonds. The van der Waals surface area contributed by atoms with Gasteiger partial charge in [-0.3, -0.25) is 4.90 Å². The Bertz CT molecular complexity index is 2450. The molecule has 61 heavy (non-hydrogen) atoms. The molecule has 7 rings (SSSR count). The number of nitriles is 1. The molecule has 1 saturated heterocycles. The highest BCUT2D eigenvalue weighted by atomic mass is 19.4. The van der Waals surface area contributed by atoms with E-state index in [1.807, 2.05) is 47.0 Å². The van der Waals surface area contributed by atoms with E-state index in [4.69, 9.17) is 38.4 Å². The fourth-order valence-electron chi connectivity index (χ4n) is 7.09. The third kappa shape index (κ3) is 10.7. The van der Waals surface area contributed by atoms with Crippen LogP contribution in [0.3, 0.4) is 0 Å². The Hall–Kier alpha value is -6.34. The molecule has 0 unspecified atom stereocenters. The number of nitrogens with zero attached hydrogens (tertiary/aromatic N) is 5. The molecule has 2 aromatic heterocycles. The lowest BCUT2D eigenvalue weighted by Gasteiger charge is -2.28. The van der Waals surface area contributed by atoms with Crippen molar-refractivity contribution >= 4 is 23.1 Å². The van der Waals surface area contributed by atoms with Crippen molar-refractivity contribution in [3.63, 3.8) is 0 Å². The average Bonchev–Trinajstić information content (AvgIpc) is 3.55. The lowest BCUT2D eigenvalue weighted by atomic mass is 10.0. The number of hydrogen-bond donors (Lipinski definition) is 0. The van der Waals surface area contributed by atoms with E-state index >= 15 is 0 Å². The van der Waals surface area contributed by atoms with Crippen LogP contribution < -0.4 is 14.2 Å². The van der Waals surface area contributed by atoms with Gasteiger partial charge in [-0.05, 0) is 87.6 Å². The minimum Gasteiger partial charge on any atom is -0.493 e. The van der Waals surface area contributed by atoms with Crippen molar-refractivity contribution in [2.75, 3.05) is 40.0 Å².